The molecular weight excluding hydrogens is 465 g/mol. The molecule has 0 aliphatic rings. The van der Waals surface area contributed by atoms with Crippen LogP contribution in [-0.4, -0.2) is 33.8 Å². The van der Waals surface area contributed by atoms with E-state index < -0.39 is 0 Å². The lowest BCUT2D eigenvalue weighted by Gasteiger charge is -2.14. The van der Waals surface area contributed by atoms with E-state index in [0.29, 0.717) is 6.54 Å². The zero-order valence-corrected chi connectivity index (χ0v) is 18.3. The molecule has 0 aliphatic heterocycles. The van der Waals surface area contributed by atoms with Crippen LogP contribution in [-0.2, 0) is 13.0 Å². The molecular formula is C19H25ClIN3O2. The number of guanidine groups is 1. The van der Waals surface area contributed by atoms with Crippen molar-refractivity contribution in [2.24, 2.45) is 4.99 Å². The van der Waals surface area contributed by atoms with Crippen LogP contribution in [0.25, 0.3) is 0 Å². The van der Waals surface area contributed by atoms with Crippen LogP contribution in [0.3, 0.4) is 0 Å². The Kier molecular flexibility index (Phi) is 10.2. The first-order valence-electron chi connectivity index (χ1n) is 8.06. The van der Waals surface area contributed by atoms with Gasteiger partial charge in [0.2, 0.25) is 0 Å². The Morgan fingerprint density at radius 1 is 1.08 bits per heavy atom. The summed E-state index contributed by atoms with van der Waals surface area (Å²) >= 11 is 6.00. The second kappa shape index (κ2) is 11.9. The Morgan fingerprint density at radius 2 is 1.88 bits per heavy atom. The zero-order valence-electron chi connectivity index (χ0n) is 15.2. The summed E-state index contributed by atoms with van der Waals surface area (Å²) in [6, 6.07) is 13.5. The second-order valence-electron chi connectivity index (χ2n) is 5.41. The molecule has 0 bridgehead atoms. The third kappa shape index (κ3) is 6.92. The SMILES string of the molecule is CN=C(NCCc1cc(OC)ccc1OC)NCc1cccc(Cl)c1.I. The number of rotatable bonds is 7. The van der Waals surface area contributed by atoms with E-state index >= 15 is 0 Å². The van der Waals surface area contributed by atoms with Gasteiger partial charge < -0.3 is 20.1 Å². The van der Waals surface area contributed by atoms with E-state index in [2.05, 4.69) is 15.6 Å². The minimum absolute atomic E-state index is 0. The number of halogens is 2. The molecule has 0 amide bonds. The van der Waals surface area contributed by atoms with E-state index in [1.807, 2.05) is 42.5 Å². The van der Waals surface area contributed by atoms with Crippen LogP contribution >= 0.6 is 35.6 Å². The van der Waals surface area contributed by atoms with Crippen molar-refractivity contribution in [1.82, 2.24) is 10.6 Å². The Labute approximate surface area is 177 Å². The third-order valence-electron chi connectivity index (χ3n) is 3.75. The maximum Gasteiger partial charge on any atom is 0.191 e. The summed E-state index contributed by atoms with van der Waals surface area (Å²) in [7, 11) is 5.08. The van der Waals surface area contributed by atoms with Crippen LogP contribution < -0.4 is 20.1 Å². The van der Waals surface area contributed by atoms with E-state index in [1.54, 1.807) is 21.3 Å². The Bertz CT molecular complexity index is 726. The van der Waals surface area contributed by atoms with E-state index in [-0.39, 0.29) is 24.0 Å². The Hall–Kier alpha value is -1.67. The fourth-order valence-electron chi connectivity index (χ4n) is 2.45. The summed E-state index contributed by atoms with van der Waals surface area (Å²) < 4.78 is 10.7. The first-order valence-corrected chi connectivity index (χ1v) is 8.44. The van der Waals surface area contributed by atoms with Crippen LogP contribution in [0, 0.1) is 0 Å². The molecule has 26 heavy (non-hydrogen) atoms. The topological polar surface area (TPSA) is 54.9 Å². The molecule has 5 nitrogen and oxygen atoms in total. The maximum atomic E-state index is 6.00. The summed E-state index contributed by atoms with van der Waals surface area (Å²) in [4.78, 5) is 4.24. The van der Waals surface area contributed by atoms with Gasteiger partial charge in [-0.1, -0.05) is 23.7 Å². The molecule has 2 N–H and O–H groups in total. The van der Waals surface area contributed by atoms with Crippen molar-refractivity contribution in [2.75, 3.05) is 27.8 Å². The van der Waals surface area contributed by atoms with Crippen molar-refractivity contribution < 1.29 is 9.47 Å². The quantitative estimate of drug-likeness (QED) is 0.352. The summed E-state index contributed by atoms with van der Waals surface area (Å²) in [5, 5.41) is 7.30. The van der Waals surface area contributed by atoms with Crippen LogP contribution in [0.5, 0.6) is 11.5 Å². The number of hydrogen-bond donors (Lipinski definition) is 2. The molecule has 0 spiro atoms. The van der Waals surface area contributed by atoms with E-state index in [4.69, 9.17) is 21.1 Å². The average Bonchev–Trinajstić information content (AvgIpc) is 2.64. The van der Waals surface area contributed by atoms with E-state index in [1.165, 1.54) is 0 Å². The number of benzene rings is 2. The highest BCUT2D eigenvalue weighted by Gasteiger charge is 2.06. The lowest BCUT2D eigenvalue weighted by molar-refractivity contribution is 0.398. The number of nitrogens with zero attached hydrogens (tertiary/aromatic N) is 1. The van der Waals surface area contributed by atoms with Gasteiger partial charge >= 0.3 is 0 Å². The molecule has 0 aromatic heterocycles. The Balaban J connectivity index is 0.00000338. The largest absolute Gasteiger partial charge is 0.497 e. The predicted molar refractivity (Wildman–Crippen MR) is 118 cm³/mol. The first-order chi connectivity index (χ1) is 12.2. The monoisotopic (exact) mass is 489 g/mol. The fraction of sp³-hybridized carbons (Fsp3) is 0.316. The molecule has 0 saturated heterocycles. The third-order valence-corrected chi connectivity index (χ3v) is 3.98. The van der Waals surface area contributed by atoms with E-state index in [9.17, 15) is 0 Å². The highest BCUT2D eigenvalue weighted by Crippen LogP contribution is 2.24. The average molecular weight is 490 g/mol. The number of ether oxygens (including phenoxy) is 2. The highest BCUT2D eigenvalue weighted by molar-refractivity contribution is 14.0. The summed E-state index contributed by atoms with van der Waals surface area (Å²) in [5.74, 6) is 2.41. The van der Waals surface area contributed by atoms with Crippen LogP contribution in [0.15, 0.2) is 47.5 Å². The van der Waals surface area contributed by atoms with Gasteiger partial charge in [-0.3, -0.25) is 4.99 Å². The van der Waals surface area contributed by atoms with Crippen LogP contribution in [0.1, 0.15) is 11.1 Å². The summed E-state index contributed by atoms with van der Waals surface area (Å²) in [6.45, 7) is 1.38. The molecule has 0 fully saturated rings. The van der Waals surface area contributed by atoms with Gasteiger partial charge in [0, 0.05) is 25.2 Å². The molecule has 2 aromatic rings. The normalized spacial score (nSPS) is 10.7. The molecule has 7 heteroatoms. The molecule has 0 unspecified atom stereocenters. The summed E-state index contributed by atoms with van der Waals surface area (Å²) in [6.07, 6.45) is 0.790. The number of hydrogen-bond acceptors (Lipinski definition) is 3. The number of aliphatic imine (C=N–C) groups is 1. The van der Waals surface area contributed by atoms with Gasteiger partial charge in [-0.05, 0) is 47.9 Å². The summed E-state index contributed by atoms with van der Waals surface area (Å²) in [5.41, 5.74) is 2.18. The Morgan fingerprint density at radius 3 is 2.54 bits per heavy atom. The standard InChI is InChI=1S/C19H24ClN3O2.HI/c1-21-19(23-13-14-5-4-6-16(20)11-14)22-10-9-15-12-17(24-2)7-8-18(15)25-3;/h4-8,11-12H,9-10,13H2,1-3H3,(H2,21,22,23);1H. The van der Waals surface area contributed by atoms with Gasteiger partial charge in [0.1, 0.15) is 11.5 Å². The van der Waals surface area contributed by atoms with Crippen molar-refractivity contribution in [3.8, 4) is 11.5 Å². The molecule has 0 saturated carbocycles. The molecule has 2 rings (SSSR count). The van der Waals surface area contributed by atoms with Gasteiger partial charge in [0.05, 0.1) is 14.2 Å². The molecule has 0 radical (unpaired) electrons. The van der Waals surface area contributed by atoms with Gasteiger partial charge in [-0.2, -0.15) is 0 Å². The van der Waals surface area contributed by atoms with Crippen molar-refractivity contribution >= 4 is 41.5 Å². The molecule has 0 atom stereocenters. The zero-order chi connectivity index (χ0) is 18.1. The lowest BCUT2D eigenvalue weighted by atomic mass is 10.1. The van der Waals surface area contributed by atoms with E-state index in [0.717, 1.165) is 46.6 Å². The van der Waals surface area contributed by atoms with Crippen molar-refractivity contribution in [1.29, 1.82) is 0 Å². The maximum absolute atomic E-state index is 6.00. The second-order valence-corrected chi connectivity index (χ2v) is 5.85. The predicted octanol–water partition coefficient (Wildman–Crippen LogP) is 3.88. The highest BCUT2D eigenvalue weighted by atomic mass is 127. The minimum Gasteiger partial charge on any atom is -0.497 e. The van der Waals surface area contributed by atoms with Crippen LogP contribution in [0.2, 0.25) is 5.02 Å². The molecule has 0 heterocycles. The van der Waals surface area contributed by atoms with Gasteiger partial charge in [0.15, 0.2) is 5.96 Å². The molecule has 2 aromatic carbocycles. The first kappa shape index (κ1) is 22.4. The van der Waals surface area contributed by atoms with Gasteiger partial charge in [-0.15, -0.1) is 24.0 Å². The van der Waals surface area contributed by atoms with Crippen molar-refractivity contribution in [3.63, 3.8) is 0 Å². The molecule has 0 aliphatic carbocycles. The van der Waals surface area contributed by atoms with Crippen molar-refractivity contribution in [2.45, 2.75) is 13.0 Å². The number of nitrogens with one attached hydrogen (secondary N) is 2. The minimum atomic E-state index is 0. The number of methoxy groups -OCH3 is 2. The van der Waals surface area contributed by atoms with Gasteiger partial charge in [0.25, 0.3) is 0 Å². The molecule has 142 valence electrons. The van der Waals surface area contributed by atoms with Crippen LogP contribution in [0.4, 0.5) is 0 Å². The van der Waals surface area contributed by atoms with Gasteiger partial charge in [-0.25, -0.2) is 0 Å². The van der Waals surface area contributed by atoms with Crippen molar-refractivity contribution in [3.05, 3.63) is 58.6 Å². The smallest absolute Gasteiger partial charge is 0.191 e. The lowest BCUT2D eigenvalue weighted by Crippen LogP contribution is -2.37. The fourth-order valence-corrected chi connectivity index (χ4v) is 2.66.